The average molecular weight is 218 g/mol. The Morgan fingerprint density at radius 3 is 2.75 bits per heavy atom. The van der Waals surface area contributed by atoms with Crippen molar-refractivity contribution >= 4 is 11.4 Å². The predicted octanol–water partition coefficient (Wildman–Crippen LogP) is 0.614. The van der Waals surface area contributed by atoms with Gasteiger partial charge >= 0.3 is 0 Å². The maximum atomic E-state index is 10.9. The van der Waals surface area contributed by atoms with E-state index >= 15 is 0 Å². The lowest BCUT2D eigenvalue weighted by atomic mass is 10.1. The summed E-state index contributed by atoms with van der Waals surface area (Å²) in [5, 5.41) is 19.5. The van der Waals surface area contributed by atoms with E-state index in [9.17, 15) is 10.1 Å². The maximum absolute atomic E-state index is 10.9. The molecular formula is C10H10N4O2. The third-order valence-corrected chi connectivity index (χ3v) is 2.55. The van der Waals surface area contributed by atoms with Gasteiger partial charge in [0, 0.05) is 25.2 Å². The molecule has 1 aliphatic heterocycles. The Bertz CT molecular complexity index is 474. The number of hydrogen-bond acceptors (Lipinski definition) is 5. The first-order chi connectivity index (χ1) is 7.61. The summed E-state index contributed by atoms with van der Waals surface area (Å²) >= 11 is 0. The SMILES string of the molecule is N#Cc1ccc(N2CC(N)C2)c([N+](=O)[O-])c1. The Hall–Kier alpha value is -2.13. The molecule has 1 fully saturated rings. The first kappa shape index (κ1) is 10.4. The van der Waals surface area contributed by atoms with Crippen LogP contribution >= 0.6 is 0 Å². The van der Waals surface area contributed by atoms with Crippen molar-refractivity contribution in [3.05, 3.63) is 33.9 Å². The van der Waals surface area contributed by atoms with Crippen LogP contribution in [0.15, 0.2) is 18.2 Å². The Labute approximate surface area is 92.0 Å². The van der Waals surface area contributed by atoms with E-state index in [1.165, 1.54) is 6.07 Å². The van der Waals surface area contributed by atoms with Gasteiger partial charge in [-0.15, -0.1) is 0 Å². The van der Waals surface area contributed by atoms with Gasteiger partial charge in [-0.2, -0.15) is 5.26 Å². The number of rotatable bonds is 2. The molecule has 6 heteroatoms. The van der Waals surface area contributed by atoms with Crippen molar-refractivity contribution in [2.75, 3.05) is 18.0 Å². The van der Waals surface area contributed by atoms with Crippen LogP contribution in [-0.2, 0) is 0 Å². The molecule has 0 amide bonds. The van der Waals surface area contributed by atoms with Crippen molar-refractivity contribution in [1.82, 2.24) is 0 Å². The zero-order valence-corrected chi connectivity index (χ0v) is 8.46. The van der Waals surface area contributed by atoms with Gasteiger partial charge in [0.2, 0.25) is 0 Å². The minimum Gasteiger partial charge on any atom is -0.363 e. The molecule has 0 aromatic heterocycles. The Morgan fingerprint density at radius 2 is 2.25 bits per heavy atom. The second kappa shape index (κ2) is 3.79. The highest BCUT2D eigenvalue weighted by molar-refractivity contribution is 5.67. The molecule has 0 atom stereocenters. The fourth-order valence-corrected chi connectivity index (χ4v) is 1.72. The number of benzene rings is 1. The second-order valence-corrected chi connectivity index (χ2v) is 3.74. The van der Waals surface area contributed by atoms with Crippen LogP contribution in [0.2, 0.25) is 0 Å². The second-order valence-electron chi connectivity index (χ2n) is 3.74. The Balaban J connectivity index is 2.38. The van der Waals surface area contributed by atoms with Crippen molar-refractivity contribution < 1.29 is 4.92 Å². The van der Waals surface area contributed by atoms with Gasteiger partial charge in [-0.05, 0) is 12.1 Å². The highest BCUT2D eigenvalue weighted by Crippen LogP contribution is 2.31. The number of anilines is 1. The average Bonchev–Trinajstić information content (AvgIpc) is 2.24. The molecule has 6 nitrogen and oxygen atoms in total. The summed E-state index contributed by atoms with van der Waals surface area (Å²) in [5.41, 5.74) is 6.41. The van der Waals surface area contributed by atoms with Crippen LogP contribution in [-0.4, -0.2) is 24.1 Å². The molecule has 1 aliphatic rings. The van der Waals surface area contributed by atoms with Crippen LogP contribution in [0.1, 0.15) is 5.56 Å². The Morgan fingerprint density at radius 1 is 1.56 bits per heavy atom. The molecule has 0 unspecified atom stereocenters. The van der Waals surface area contributed by atoms with Gasteiger partial charge in [0.15, 0.2) is 0 Å². The highest BCUT2D eigenvalue weighted by Gasteiger charge is 2.28. The smallest absolute Gasteiger partial charge is 0.293 e. The third kappa shape index (κ3) is 1.68. The first-order valence-corrected chi connectivity index (χ1v) is 4.81. The zero-order valence-electron chi connectivity index (χ0n) is 8.46. The molecule has 0 radical (unpaired) electrons. The predicted molar refractivity (Wildman–Crippen MR) is 58.0 cm³/mol. The summed E-state index contributed by atoms with van der Waals surface area (Å²) in [5.74, 6) is 0. The quantitative estimate of drug-likeness (QED) is 0.579. The normalized spacial score (nSPS) is 15.4. The van der Waals surface area contributed by atoms with Crippen molar-refractivity contribution in [3.63, 3.8) is 0 Å². The molecule has 0 spiro atoms. The fraction of sp³-hybridized carbons (Fsp3) is 0.300. The highest BCUT2D eigenvalue weighted by atomic mass is 16.6. The van der Waals surface area contributed by atoms with Crippen molar-refractivity contribution in [1.29, 1.82) is 5.26 Å². The molecule has 1 heterocycles. The summed E-state index contributed by atoms with van der Waals surface area (Å²) in [4.78, 5) is 12.2. The molecule has 16 heavy (non-hydrogen) atoms. The fourth-order valence-electron chi connectivity index (χ4n) is 1.72. The van der Waals surface area contributed by atoms with Crippen LogP contribution in [0.5, 0.6) is 0 Å². The summed E-state index contributed by atoms with van der Waals surface area (Å²) in [6, 6.07) is 6.43. The summed E-state index contributed by atoms with van der Waals surface area (Å²) in [6.07, 6.45) is 0. The van der Waals surface area contributed by atoms with Gasteiger partial charge in [0.25, 0.3) is 5.69 Å². The molecule has 1 aromatic carbocycles. The van der Waals surface area contributed by atoms with Crippen LogP contribution in [0, 0.1) is 21.4 Å². The Kier molecular flexibility index (Phi) is 2.46. The van der Waals surface area contributed by atoms with Crippen molar-refractivity contribution in [3.8, 4) is 6.07 Å². The number of nitro benzene ring substituents is 1. The van der Waals surface area contributed by atoms with Crippen LogP contribution < -0.4 is 10.6 Å². The van der Waals surface area contributed by atoms with E-state index in [0.29, 0.717) is 24.3 Å². The molecule has 0 bridgehead atoms. The van der Waals surface area contributed by atoms with Crippen molar-refractivity contribution in [2.45, 2.75) is 6.04 Å². The lowest BCUT2D eigenvalue weighted by molar-refractivity contribution is -0.384. The van der Waals surface area contributed by atoms with E-state index in [2.05, 4.69) is 0 Å². The van der Waals surface area contributed by atoms with Crippen LogP contribution in [0.3, 0.4) is 0 Å². The lowest BCUT2D eigenvalue weighted by Gasteiger charge is -2.38. The first-order valence-electron chi connectivity index (χ1n) is 4.81. The van der Waals surface area contributed by atoms with Gasteiger partial charge in [-0.1, -0.05) is 0 Å². The molecule has 82 valence electrons. The van der Waals surface area contributed by atoms with Gasteiger partial charge in [-0.3, -0.25) is 10.1 Å². The summed E-state index contributed by atoms with van der Waals surface area (Å²) in [7, 11) is 0. The topological polar surface area (TPSA) is 96.2 Å². The molecule has 0 aliphatic carbocycles. The number of nitrogens with zero attached hydrogens (tertiary/aromatic N) is 3. The minimum absolute atomic E-state index is 0.0362. The molecule has 2 rings (SSSR count). The van der Waals surface area contributed by atoms with Crippen LogP contribution in [0.4, 0.5) is 11.4 Å². The molecule has 1 aromatic rings. The third-order valence-electron chi connectivity index (χ3n) is 2.55. The maximum Gasteiger partial charge on any atom is 0.293 e. The monoisotopic (exact) mass is 218 g/mol. The van der Waals surface area contributed by atoms with Gasteiger partial charge in [0.1, 0.15) is 5.69 Å². The zero-order chi connectivity index (χ0) is 11.7. The van der Waals surface area contributed by atoms with Gasteiger partial charge in [0.05, 0.1) is 16.6 Å². The molecule has 0 saturated carbocycles. The van der Waals surface area contributed by atoms with E-state index in [1.807, 2.05) is 11.0 Å². The molecular weight excluding hydrogens is 208 g/mol. The van der Waals surface area contributed by atoms with Crippen LogP contribution in [0.25, 0.3) is 0 Å². The number of nitriles is 1. The molecule has 2 N–H and O–H groups in total. The number of hydrogen-bond donors (Lipinski definition) is 1. The summed E-state index contributed by atoms with van der Waals surface area (Å²) < 4.78 is 0. The standard InChI is InChI=1S/C10H10N4O2/c11-4-7-1-2-9(10(3-7)14(15)16)13-5-8(12)6-13/h1-3,8H,5-6,12H2. The van der Waals surface area contributed by atoms with Gasteiger partial charge < -0.3 is 10.6 Å². The largest absolute Gasteiger partial charge is 0.363 e. The lowest BCUT2D eigenvalue weighted by Crippen LogP contribution is -2.56. The van der Waals surface area contributed by atoms with E-state index in [1.54, 1.807) is 12.1 Å². The minimum atomic E-state index is -0.472. The van der Waals surface area contributed by atoms with E-state index in [4.69, 9.17) is 11.0 Å². The van der Waals surface area contributed by atoms with Crippen molar-refractivity contribution in [2.24, 2.45) is 5.73 Å². The van der Waals surface area contributed by atoms with E-state index in [-0.39, 0.29) is 11.7 Å². The van der Waals surface area contributed by atoms with Gasteiger partial charge in [-0.25, -0.2) is 0 Å². The van der Waals surface area contributed by atoms with E-state index < -0.39 is 4.92 Å². The van der Waals surface area contributed by atoms with E-state index in [0.717, 1.165) is 0 Å². The molecule has 1 saturated heterocycles. The number of nitro groups is 1. The summed E-state index contributed by atoms with van der Waals surface area (Å²) in [6.45, 7) is 1.24. The number of nitrogens with two attached hydrogens (primary N) is 1.